The lowest BCUT2D eigenvalue weighted by atomic mass is 10.2. The number of methoxy groups -OCH3 is 1. The van der Waals surface area contributed by atoms with Gasteiger partial charge in [-0.15, -0.1) is 0 Å². The van der Waals surface area contributed by atoms with Gasteiger partial charge in [-0.3, -0.25) is 4.79 Å². The average molecular weight is 250 g/mol. The Morgan fingerprint density at radius 3 is 2.67 bits per heavy atom. The monoisotopic (exact) mass is 250 g/mol. The maximum absolute atomic E-state index is 11.3. The van der Waals surface area contributed by atoms with Crippen molar-refractivity contribution in [2.24, 2.45) is 0 Å². The van der Waals surface area contributed by atoms with Gasteiger partial charge in [-0.1, -0.05) is 12.1 Å². The molecule has 0 radical (unpaired) electrons. The van der Waals surface area contributed by atoms with E-state index in [4.69, 9.17) is 14.2 Å². The van der Waals surface area contributed by atoms with Crippen LogP contribution in [0.15, 0.2) is 30.4 Å². The minimum atomic E-state index is -0.551. The van der Waals surface area contributed by atoms with Gasteiger partial charge >= 0.3 is 5.97 Å². The Hall–Kier alpha value is -2.14. The normalized spacial score (nSPS) is 10.3. The molecule has 18 heavy (non-hydrogen) atoms. The van der Waals surface area contributed by atoms with Gasteiger partial charge < -0.3 is 14.2 Å². The van der Waals surface area contributed by atoms with Gasteiger partial charge in [0.05, 0.1) is 5.56 Å². The van der Waals surface area contributed by atoms with E-state index in [1.807, 2.05) is 0 Å². The predicted octanol–water partition coefficient (Wildman–Crippen LogP) is 1.96. The number of aldehydes is 1. The summed E-state index contributed by atoms with van der Waals surface area (Å²) in [6.45, 7) is 1.70. The molecule has 0 aliphatic heterocycles. The summed E-state index contributed by atoms with van der Waals surface area (Å²) in [5.74, 6) is -0.0937. The van der Waals surface area contributed by atoms with Gasteiger partial charge in [0, 0.05) is 13.2 Å². The second-order valence-electron chi connectivity index (χ2n) is 3.26. The summed E-state index contributed by atoms with van der Waals surface area (Å²) in [5.41, 5.74) is 0.174. The van der Waals surface area contributed by atoms with E-state index in [1.54, 1.807) is 25.1 Å². The van der Waals surface area contributed by atoms with Crippen LogP contribution < -0.4 is 9.47 Å². The Morgan fingerprint density at radius 1 is 1.33 bits per heavy atom. The Kier molecular flexibility index (Phi) is 5.60. The maximum atomic E-state index is 11.3. The molecule has 0 bridgehead atoms. The van der Waals surface area contributed by atoms with E-state index in [0.29, 0.717) is 12.0 Å². The molecule has 1 aromatic carbocycles. The molecule has 0 aromatic heterocycles. The van der Waals surface area contributed by atoms with E-state index in [-0.39, 0.29) is 18.1 Å². The van der Waals surface area contributed by atoms with E-state index in [2.05, 4.69) is 0 Å². The SMILES string of the molecule is C/C=C/C(=O)Oc1cccc(OCOC)c1C=O. The van der Waals surface area contributed by atoms with Gasteiger partial charge in [0.2, 0.25) is 0 Å². The molecule has 0 heterocycles. The van der Waals surface area contributed by atoms with Crippen molar-refractivity contribution in [3.63, 3.8) is 0 Å². The Morgan fingerprint density at radius 2 is 2.06 bits per heavy atom. The molecule has 96 valence electrons. The highest BCUT2D eigenvalue weighted by Gasteiger charge is 2.12. The van der Waals surface area contributed by atoms with Crippen molar-refractivity contribution in [2.45, 2.75) is 6.92 Å². The number of carbonyl (C=O) groups is 2. The van der Waals surface area contributed by atoms with E-state index < -0.39 is 5.97 Å². The van der Waals surface area contributed by atoms with Gasteiger partial charge in [-0.05, 0) is 19.1 Å². The minimum Gasteiger partial charge on any atom is -0.467 e. The maximum Gasteiger partial charge on any atom is 0.335 e. The van der Waals surface area contributed by atoms with E-state index in [0.717, 1.165) is 0 Å². The van der Waals surface area contributed by atoms with Gasteiger partial charge in [0.25, 0.3) is 0 Å². The molecular weight excluding hydrogens is 236 g/mol. The van der Waals surface area contributed by atoms with Crippen molar-refractivity contribution < 1.29 is 23.8 Å². The van der Waals surface area contributed by atoms with Crippen LogP contribution in [0, 0.1) is 0 Å². The van der Waals surface area contributed by atoms with Crippen molar-refractivity contribution in [2.75, 3.05) is 13.9 Å². The van der Waals surface area contributed by atoms with Crippen LogP contribution in [0.5, 0.6) is 11.5 Å². The Balaban J connectivity index is 2.97. The van der Waals surface area contributed by atoms with Crippen LogP contribution >= 0.6 is 0 Å². The van der Waals surface area contributed by atoms with Crippen LogP contribution in [-0.2, 0) is 9.53 Å². The van der Waals surface area contributed by atoms with E-state index in [9.17, 15) is 9.59 Å². The van der Waals surface area contributed by atoms with Gasteiger partial charge in [0.1, 0.15) is 11.5 Å². The molecule has 5 nitrogen and oxygen atoms in total. The van der Waals surface area contributed by atoms with Gasteiger partial charge in [-0.25, -0.2) is 4.79 Å². The standard InChI is InChI=1S/C13H14O5/c1-3-5-13(15)18-12-7-4-6-11(10(12)8-14)17-9-16-2/h3-8H,9H2,1-2H3/b5-3+. The summed E-state index contributed by atoms with van der Waals surface area (Å²) in [7, 11) is 1.47. The smallest absolute Gasteiger partial charge is 0.335 e. The highest BCUT2D eigenvalue weighted by atomic mass is 16.7. The number of carbonyl (C=O) groups excluding carboxylic acids is 2. The number of ether oxygens (including phenoxy) is 3. The molecule has 0 N–H and O–H groups in total. The van der Waals surface area contributed by atoms with Crippen molar-refractivity contribution in [3.05, 3.63) is 35.9 Å². The topological polar surface area (TPSA) is 61.8 Å². The lowest BCUT2D eigenvalue weighted by Crippen LogP contribution is -2.07. The fraction of sp³-hybridized carbons (Fsp3) is 0.231. The van der Waals surface area contributed by atoms with Crippen LogP contribution in [0.1, 0.15) is 17.3 Å². The molecular formula is C13H14O5. The molecule has 0 aliphatic rings. The summed E-state index contributed by atoms with van der Waals surface area (Å²) in [6, 6.07) is 4.73. The first-order valence-electron chi connectivity index (χ1n) is 5.27. The second kappa shape index (κ2) is 7.24. The quantitative estimate of drug-likeness (QED) is 0.254. The molecule has 0 atom stereocenters. The fourth-order valence-corrected chi connectivity index (χ4v) is 1.26. The Bertz CT molecular complexity index is 451. The number of allylic oxidation sites excluding steroid dienone is 1. The molecule has 0 fully saturated rings. The number of hydrogen-bond acceptors (Lipinski definition) is 5. The number of esters is 1. The third-order valence-electron chi connectivity index (χ3n) is 1.99. The fourth-order valence-electron chi connectivity index (χ4n) is 1.26. The lowest BCUT2D eigenvalue weighted by molar-refractivity contribution is -0.129. The average Bonchev–Trinajstić information content (AvgIpc) is 2.36. The molecule has 5 heteroatoms. The predicted molar refractivity (Wildman–Crippen MR) is 64.8 cm³/mol. The summed E-state index contributed by atoms with van der Waals surface area (Å²) < 4.78 is 15.0. The minimum absolute atomic E-state index is 0.00705. The third-order valence-corrected chi connectivity index (χ3v) is 1.99. The number of hydrogen-bond donors (Lipinski definition) is 0. The van der Waals surface area contributed by atoms with Crippen molar-refractivity contribution in [1.29, 1.82) is 0 Å². The first-order chi connectivity index (χ1) is 8.72. The number of benzene rings is 1. The lowest BCUT2D eigenvalue weighted by Gasteiger charge is -2.10. The van der Waals surface area contributed by atoms with Crippen LogP contribution in [0.25, 0.3) is 0 Å². The van der Waals surface area contributed by atoms with Crippen molar-refractivity contribution >= 4 is 12.3 Å². The molecule has 1 rings (SSSR count). The van der Waals surface area contributed by atoms with Crippen LogP contribution in [0.2, 0.25) is 0 Å². The summed E-state index contributed by atoms with van der Waals surface area (Å²) in [5, 5.41) is 0. The molecule has 1 aromatic rings. The molecule has 0 amide bonds. The first-order valence-corrected chi connectivity index (χ1v) is 5.27. The molecule has 0 spiro atoms. The zero-order valence-corrected chi connectivity index (χ0v) is 10.2. The van der Waals surface area contributed by atoms with Gasteiger partial charge in [-0.2, -0.15) is 0 Å². The summed E-state index contributed by atoms with van der Waals surface area (Å²) in [6.07, 6.45) is 3.38. The van der Waals surface area contributed by atoms with Crippen LogP contribution in [0.3, 0.4) is 0 Å². The molecule has 0 aliphatic carbocycles. The summed E-state index contributed by atoms with van der Waals surface area (Å²) >= 11 is 0. The zero-order chi connectivity index (χ0) is 13.4. The third kappa shape index (κ3) is 3.71. The highest BCUT2D eigenvalue weighted by molar-refractivity contribution is 5.89. The molecule has 0 saturated carbocycles. The van der Waals surface area contributed by atoms with Crippen molar-refractivity contribution in [3.8, 4) is 11.5 Å². The van der Waals surface area contributed by atoms with Crippen LogP contribution in [-0.4, -0.2) is 26.2 Å². The molecule has 0 unspecified atom stereocenters. The second-order valence-corrected chi connectivity index (χ2v) is 3.26. The first kappa shape index (κ1) is 13.9. The molecule has 0 saturated heterocycles. The summed E-state index contributed by atoms with van der Waals surface area (Å²) in [4.78, 5) is 22.3. The largest absolute Gasteiger partial charge is 0.467 e. The van der Waals surface area contributed by atoms with Crippen molar-refractivity contribution in [1.82, 2.24) is 0 Å². The Labute approximate surface area is 105 Å². The van der Waals surface area contributed by atoms with Crippen LogP contribution in [0.4, 0.5) is 0 Å². The zero-order valence-electron chi connectivity index (χ0n) is 10.2. The highest BCUT2D eigenvalue weighted by Crippen LogP contribution is 2.26. The number of rotatable bonds is 6. The van der Waals surface area contributed by atoms with E-state index >= 15 is 0 Å². The van der Waals surface area contributed by atoms with E-state index in [1.165, 1.54) is 19.3 Å². The van der Waals surface area contributed by atoms with Gasteiger partial charge in [0.15, 0.2) is 13.1 Å².